The fourth-order valence-corrected chi connectivity index (χ4v) is 4.02. The number of ketones is 1. The van der Waals surface area contributed by atoms with Crippen LogP contribution in [0.2, 0.25) is 0 Å². The van der Waals surface area contributed by atoms with E-state index in [1.165, 1.54) is 56.0 Å². The molecule has 4 aromatic rings. The Hall–Kier alpha value is -3.55. The van der Waals surface area contributed by atoms with Crippen LogP contribution in [-0.2, 0) is 18.0 Å². The van der Waals surface area contributed by atoms with Crippen molar-refractivity contribution < 1.29 is 62.0 Å². The summed E-state index contributed by atoms with van der Waals surface area (Å²) in [5, 5.41) is 9.35. The number of alkyl halides is 2. The molecule has 1 atom stereocenters. The van der Waals surface area contributed by atoms with Crippen molar-refractivity contribution >= 4 is 14.2 Å². The van der Waals surface area contributed by atoms with Gasteiger partial charge in [-0.3, -0.25) is 13.6 Å². The molecule has 261 valence electrons. The van der Waals surface area contributed by atoms with E-state index in [4.69, 9.17) is 14.2 Å². The van der Waals surface area contributed by atoms with Crippen LogP contribution in [0.1, 0.15) is 72.4 Å². The summed E-state index contributed by atoms with van der Waals surface area (Å²) >= 11 is 0. The zero-order valence-electron chi connectivity index (χ0n) is 30.6. The molecule has 5 nitrogen and oxygen atoms in total. The normalized spacial score (nSPS) is 11.4. The van der Waals surface area contributed by atoms with E-state index < -0.39 is 17.7 Å². The Bertz CT molecular complexity index is 1450. The maximum Gasteiger partial charge on any atom is 1.00 e. The van der Waals surface area contributed by atoms with Crippen molar-refractivity contribution in [2.45, 2.75) is 59.9 Å². The van der Waals surface area contributed by atoms with Gasteiger partial charge in [-0.2, -0.15) is 0 Å². The van der Waals surface area contributed by atoms with Crippen molar-refractivity contribution in [2.24, 2.45) is 0 Å². The van der Waals surface area contributed by atoms with Crippen molar-refractivity contribution in [3.8, 4) is 11.5 Å². The van der Waals surface area contributed by atoms with Crippen LogP contribution in [0.25, 0.3) is 0 Å². The van der Waals surface area contributed by atoms with E-state index in [0.29, 0.717) is 39.1 Å². The predicted molar refractivity (Wildman–Crippen MR) is 185 cm³/mol. The van der Waals surface area contributed by atoms with E-state index >= 15 is 0 Å². The predicted octanol–water partition coefficient (Wildman–Crippen LogP) is 6.39. The second-order valence-corrected chi connectivity index (χ2v) is 10.4. The third-order valence-electron chi connectivity index (χ3n) is 6.62. The summed E-state index contributed by atoms with van der Waals surface area (Å²) in [5.41, 5.74) is 4.79. The van der Waals surface area contributed by atoms with Gasteiger partial charge in [-0.1, -0.05) is 59.7 Å². The smallest absolute Gasteiger partial charge is 1.00 e. The maximum absolute atomic E-state index is 13.6. The van der Waals surface area contributed by atoms with E-state index in [0.717, 1.165) is 24.3 Å². The van der Waals surface area contributed by atoms with Gasteiger partial charge < -0.3 is 20.7 Å². The molecule has 1 saturated heterocycles. The van der Waals surface area contributed by atoms with Crippen LogP contribution in [0.5, 0.6) is 11.5 Å². The van der Waals surface area contributed by atoms with Gasteiger partial charge in [0.15, 0.2) is 5.78 Å². The van der Waals surface area contributed by atoms with E-state index in [-0.39, 0.29) is 45.6 Å². The quantitative estimate of drug-likeness (QED) is 0.133. The number of Topliss-reactive ketones (excluding diaryl/α,β-unsaturated/α-hetero) is 1. The third-order valence-corrected chi connectivity index (χ3v) is 6.62. The molecule has 0 amide bonds. The molecule has 49 heavy (non-hydrogen) atoms. The molecule has 0 saturated carbocycles. The monoisotopic (exact) mass is 677 g/mol. The number of aryl methyl sites for hydroxylation is 2. The molecule has 11 heteroatoms. The molecular weight excluding hydrogens is 630 g/mol. The second kappa shape index (κ2) is 27.3. The van der Waals surface area contributed by atoms with Crippen LogP contribution in [0.15, 0.2) is 84.9 Å². The number of rotatable bonds is 8. The van der Waals surface area contributed by atoms with Crippen LogP contribution in [0.3, 0.4) is 0 Å². The second-order valence-electron chi connectivity index (χ2n) is 10.4. The van der Waals surface area contributed by atoms with E-state index in [1.54, 1.807) is 18.2 Å². The van der Waals surface area contributed by atoms with Crippen LogP contribution in [0.4, 0.5) is 17.6 Å². The molecule has 0 aromatic heterocycles. The molecule has 1 fully saturated rings. The van der Waals surface area contributed by atoms with E-state index in [1.807, 2.05) is 62.4 Å². The SMILES string of the molecule is C1CCOC1.CC(=O)c1ccc(OCc2ccc(C)cc2)cc1F.CF.CF.Cc1ccc(COc2ccc(C(C)O)c(F)c2)cc1.[B].[H-].[Li+]. The molecule has 1 aliphatic heterocycles. The molecule has 3 radical (unpaired) electrons. The minimum absolute atomic E-state index is 0. The topological polar surface area (TPSA) is 65.0 Å². The first-order valence-electron chi connectivity index (χ1n) is 15.1. The van der Waals surface area contributed by atoms with Crippen LogP contribution in [-0.4, -0.2) is 46.9 Å². The standard InChI is InChI=1S/C16H17FO2.C16H15FO2.C4H8O.2CH3F.B.Li.H/c2*1-11-3-5-13(6-4-11)10-19-14-7-8-15(12(2)18)16(17)9-14;1-2-4-5-3-1;2*1-2;;;/h3-9,12,18H,10H2,1-2H3;3-9H,10H2,1-2H3;1-4H2;2*1H3;;;/q;;;;;;+1;-1. The molecule has 1 unspecified atom stereocenters. The molecule has 1 heterocycles. The van der Waals surface area contributed by atoms with Crippen LogP contribution >= 0.6 is 0 Å². The summed E-state index contributed by atoms with van der Waals surface area (Å²) < 4.78 is 62.2. The number of aliphatic hydroxyl groups is 1. The number of carbonyl (C=O) groups is 1. The van der Waals surface area contributed by atoms with Gasteiger partial charge in [-0.15, -0.1) is 0 Å². The minimum Gasteiger partial charge on any atom is -1.00 e. The van der Waals surface area contributed by atoms with Gasteiger partial charge in [0.05, 0.1) is 26.0 Å². The molecule has 0 spiro atoms. The summed E-state index contributed by atoms with van der Waals surface area (Å²) in [4.78, 5) is 11.1. The van der Waals surface area contributed by atoms with Gasteiger partial charge >= 0.3 is 18.9 Å². The minimum atomic E-state index is -0.814. The summed E-state index contributed by atoms with van der Waals surface area (Å²) in [6.07, 6.45) is 1.74. The number of carbonyl (C=O) groups excluding carboxylic acids is 1. The number of hydrogen-bond acceptors (Lipinski definition) is 5. The third kappa shape index (κ3) is 18.7. The largest absolute Gasteiger partial charge is 1.00 e. The zero-order chi connectivity index (χ0) is 35.2. The first-order chi connectivity index (χ1) is 22.6. The number of aliphatic hydroxyl groups excluding tert-OH is 1. The first-order valence-corrected chi connectivity index (χ1v) is 15.1. The maximum atomic E-state index is 13.6. The van der Waals surface area contributed by atoms with Crippen molar-refractivity contribution in [1.29, 1.82) is 0 Å². The average molecular weight is 678 g/mol. The van der Waals surface area contributed by atoms with Crippen molar-refractivity contribution in [2.75, 3.05) is 27.6 Å². The number of halogens is 4. The van der Waals surface area contributed by atoms with Crippen molar-refractivity contribution in [3.05, 3.63) is 130 Å². The molecule has 0 bridgehead atoms. The molecule has 0 aliphatic carbocycles. The fourth-order valence-electron chi connectivity index (χ4n) is 4.02. The Morgan fingerprint density at radius 1 is 0.755 bits per heavy atom. The molecular formula is C38H47BF4LiO5. The van der Waals surface area contributed by atoms with Gasteiger partial charge in [-0.25, -0.2) is 8.78 Å². The Morgan fingerprint density at radius 3 is 1.49 bits per heavy atom. The first kappa shape index (κ1) is 47.6. The fraction of sp³-hybridized carbons (Fsp3) is 0.342. The van der Waals surface area contributed by atoms with E-state index in [2.05, 4.69) is 0 Å². The zero-order valence-corrected chi connectivity index (χ0v) is 29.6. The summed E-state index contributed by atoms with van der Waals surface area (Å²) in [7, 11) is 1.00. The van der Waals surface area contributed by atoms with Crippen molar-refractivity contribution in [1.82, 2.24) is 0 Å². The molecule has 1 aliphatic rings. The van der Waals surface area contributed by atoms with Gasteiger partial charge in [0.1, 0.15) is 36.3 Å². The molecule has 4 aromatic carbocycles. The van der Waals surface area contributed by atoms with Crippen molar-refractivity contribution in [3.63, 3.8) is 0 Å². The number of benzene rings is 4. The Morgan fingerprint density at radius 2 is 1.16 bits per heavy atom. The van der Waals surface area contributed by atoms with E-state index in [9.17, 15) is 27.5 Å². The van der Waals surface area contributed by atoms with Gasteiger partial charge in [0.2, 0.25) is 0 Å². The summed E-state index contributed by atoms with van der Waals surface area (Å²) in [6, 6.07) is 24.7. The Kier molecular flexibility index (Phi) is 26.5. The number of hydrogen-bond donors (Lipinski definition) is 1. The number of ether oxygens (including phenoxy) is 3. The summed E-state index contributed by atoms with van der Waals surface area (Å²) in [6.45, 7) is 9.68. The Labute approximate surface area is 304 Å². The Balaban J connectivity index is -0.000000678. The van der Waals surface area contributed by atoms with Gasteiger partial charge in [0, 0.05) is 39.3 Å². The molecule has 5 rings (SSSR count). The van der Waals surface area contributed by atoms with Crippen LogP contribution in [0, 0.1) is 25.5 Å². The molecule has 1 N–H and O–H groups in total. The van der Waals surface area contributed by atoms with Gasteiger partial charge in [-0.05, 0) is 75.9 Å². The summed E-state index contributed by atoms with van der Waals surface area (Å²) in [5.74, 6) is -0.404. The average Bonchev–Trinajstić information content (AvgIpc) is 3.67. The van der Waals surface area contributed by atoms with Crippen LogP contribution < -0.4 is 28.3 Å². The van der Waals surface area contributed by atoms with Gasteiger partial charge in [0.25, 0.3) is 0 Å².